The Balaban J connectivity index is 2.22. The highest BCUT2D eigenvalue weighted by Gasteiger charge is 2.15. The molecule has 76 valence electrons. The van der Waals surface area contributed by atoms with Crippen LogP contribution < -0.4 is 10.6 Å². The molecule has 2 N–H and O–H groups in total. The van der Waals surface area contributed by atoms with Gasteiger partial charge in [-0.1, -0.05) is 11.6 Å². The van der Waals surface area contributed by atoms with Gasteiger partial charge in [-0.05, 0) is 6.07 Å². The van der Waals surface area contributed by atoms with Gasteiger partial charge in [-0.3, -0.25) is 0 Å². The fraction of sp³-hybridized carbons (Fsp3) is 0.444. The van der Waals surface area contributed by atoms with E-state index in [1.165, 1.54) is 0 Å². The summed E-state index contributed by atoms with van der Waals surface area (Å²) in [4.78, 5) is 6.32. The van der Waals surface area contributed by atoms with Gasteiger partial charge in [-0.2, -0.15) is 0 Å². The minimum atomic E-state index is 0.590. The van der Waals surface area contributed by atoms with Crippen molar-refractivity contribution in [2.75, 3.05) is 36.9 Å². The molecule has 1 aliphatic rings. The molecule has 1 aliphatic heterocycles. The van der Waals surface area contributed by atoms with Crippen molar-refractivity contribution >= 4 is 23.1 Å². The number of hydrogen-bond acceptors (Lipinski definition) is 4. The second kappa shape index (κ2) is 4.02. The highest BCUT2D eigenvalue weighted by molar-refractivity contribution is 6.33. The Hall–Kier alpha value is -1.00. The lowest BCUT2D eigenvalue weighted by Crippen LogP contribution is -2.36. The summed E-state index contributed by atoms with van der Waals surface area (Å²) in [7, 11) is 0. The van der Waals surface area contributed by atoms with Gasteiger partial charge in [0.2, 0.25) is 0 Å². The van der Waals surface area contributed by atoms with E-state index in [1.807, 2.05) is 0 Å². The van der Waals surface area contributed by atoms with E-state index in [4.69, 9.17) is 22.1 Å². The number of morpholine rings is 1. The summed E-state index contributed by atoms with van der Waals surface area (Å²) < 4.78 is 5.25. The second-order valence-electron chi connectivity index (χ2n) is 3.17. The van der Waals surface area contributed by atoms with Gasteiger partial charge in [0.05, 0.1) is 30.1 Å². The highest BCUT2D eigenvalue weighted by atomic mass is 35.5. The maximum absolute atomic E-state index is 6.04. The van der Waals surface area contributed by atoms with Crippen LogP contribution in [0.4, 0.5) is 11.5 Å². The summed E-state index contributed by atoms with van der Waals surface area (Å²) in [6.07, 6.45) is 1.62. The van der Waals surface area contributed by atoms with Crippen molar-refractivity contribution in [2.45, 2.75) is 0 Å². The average molecular weight is 214 g/mol. The van der Waals surface area contributed by atoms with Crippen molar-refractivity contribution in [2.24, 2.45) is 0 Å². The van der Waals surface area contributed by atoms with Gasteiger partial charge in [0, 0.05) is 13.1 Å². The van der Waals surface area contributed by atoms with E-state index in [2.05, 4.69) is 9.88 Å². The summed E-state index contributed by atoms with van der Waals surface area (Å²) >= 11 is 6.04. The molecule has 0 aromatic carbocycles. The fourth-order valence-electron chi connectivity index (χ4n) is 1.45. The number of aromatic nitrogens is 1. The van der Waals surface area contributed by atoms with Crippen molar-refractivity contribution < 1.29 is 4.74 Å². The largest absolute Gasteiger partial charge is 0.397 e. The maximum Gasteiger partial charge on any atom is 0.147 e. The van der Waals surface area contributed by atoms with E-state index in [-0.39, 0.29) is 0 Å². The molecular weight excluding hydrogens is 202 g/mol. The quantitative estimate of drug-likeness (QED) is 0.761. The van der Waals surface area contributed by atoms with Crippen LogP contribution in [0, 0.1) is 0 Å². The number of anilines is 2. The van der Waals surface area contributed by atoms with Crippen molar-refractivity contribution in [3.05, 3.63) is 17.3 Å². The van der Waals surface area contributed by atoms with Crippen LogP contribution in [0.5, 0.6) is 0 Å². The first-order valence-electron chi connectivity index (χ1n) is 4.51. The van der Waals surface area contributed by atoms with Crippen molar-refractivity contribution in [1.82, 2.24) is 4.98 Å². The number of pyridine rings is 1. The zero-order valence-electron chi connectivity index (χ0n) is 7.74. The lowest BCUT2D eigenvalue weighted by atomic mass is 10.3. The number of nitrogens with two attached hydrogens (primary N) is 1. The number of nitrogens with zero attached hydrogens (tertiary/aromatic N) is 2. The van der Waals surface area contributed by atoms with Gasteiger partial charge in [0.1, 0.15) is 5.82 Å². The van der Waals surface area contributed by atoms with Crippen LogP contribution >= 0.6 is 11.6 Å². The topological polar surface area (TPSA) is 51.4 Å². The van der Waals surface area contributed by atoms with E-state index >= 15 is 0 Å². The van der Waals surface area contributed by atoms with E-state index in [1.54, 1.807) is 12.3 Å². The predicted molar refractivity (Wildman–Crippen MR) is 56.7 cm³/mol. The average Bonchev–Trinajstić information content (AvgIpc) is 2.19. The normalized spacial score (nSPS) is 17.1. The Labute approximate surface area is 87.6 Å². The zero-order chi connectivity index (χ0) is 9.97. The standard InChI is InChI=1S/C9H12ClN3O/c10-8-5-7(11)6-12-9(8)13-1-3-14-4-2-13/h5-6H,1-4,11H2. The Morgan fingerprint density at radius 1 is 1.43 bits per heavy atom. The summed E-state index contributed by atoms with van der Waals surface area (Å²) in [5.74, 6) is 0.796. The van der Waals surface area contributed by atoms with Gasteiger partial charge in [-0.25, -0.2) is 4.98 Å². The SMILES string of the molecule is Nc1cnc(N2CCOCC2)c(Cl)c1. The molecule has 2 rings (SSSR count). The van der Waals surface area contributed by atoms with Crippen LogP contribution in [0.3, 0.4) is 0 Å². The third-order valence-electron chi connectivity index (χ3n) is 2.15. The van der Waals surface area contributed by atoms with Gasteiger partial charge < -0.3 is 15.4 Å². The molecule has 0 unspecified atom stereocenters. The van der Waals surface area contributed by atoms with E-state index in [9.17, 15) is 0 Å². The first kappa shape index (κ1) is 9.55. The Bertz CT molecular complexity index is 326. The third kappa shape index (κ3) is 1.91. The lowest BCUT2D eigenvalue weighted by Gasteiger charge is -2.28. The van der Waals surface area contributed by atoms with Crippen LogP contribution in [-0.4, -0.2) is 31.3 Å². The van der Waals surface area contributed by atoms with Gasteiger partial charge in [-0.15, -0.1) is 0 Å². The smallest absolute Gasteiger partial charge is 0.147 e. The fourth-order valence-corrected chi connectivity index (χ4v) is 1.75. The van der Waals surface area contributed by atoms with Gasteiger partial charge in [0.25, 0.3) is 0 Å². The Morgan fingerprint density at radius 3 is 2.79 bits per heavy atom. The lowest BCUT2D eigenvalue weighted by molar-refractivity contribution is 0.122. The highest BCUT2D eigenvalue weighted by Crippen LogP contribution is 2.25. The molecule has 0 spiro atoms. The molecule has 0 bridgehead atoms. The van der Waals surface area contributed by atoms with Crippen LogP contribution in [-0.2, 0) is 4.74 Å². The number of ether oxygens (including phenoxy) is 1. The molecule has 1 fully saturated rings. The molecular formula is C9H12ClN3O. The second-order valence-corrected chi connectivity index (χ2v) is 3.58. The summed E-state index contributed by atoms with van der Waals surface area (Å²) in [6.45, 7) is 3.11. The minimum Gasteiger partial charge on any atom is -0.397 e. The monoisotopic (exact) mass is 213 g/mol. The van der Waals surface area contributed by atoms with Gasteiger partial charge >= 0.3 is 0 Å². The number of hydrogen-bond donors (Lipinski definition) is 1. The molecule has 5 heteroatoms. The molecule has 4 nitrogen and oxygen atoms in total. The minimum absolute atomic E-state index is 0.590. The number of halogens is 1. The first-order valence-corrected chi connectivity index (χ1v) is 4.89. The number of rotatable bonds is 1. The summed E-state index contributed by atoms with van der Waals surface area (Å²) in [6, 6.07) is 1.72. The molecule has 1 aromatic heterocycles. The maximum atomic E-state index is 6.04. The zero-order valence-corrected chi connectivity index (χ0v) is 8.50. The third-order valence-corrected chi connectivity index (χ3v) is 2.43. The van der Waals surface area contributed by atoms with E-state index < -0.39 is 0 Å². The molecule has 1 aromatic rings. The molecule has 0 aliphatic carbocycles. The van der Waals surface area contributed by atoms with E-state index in [0.717, 1.165) is 32.1 Å². The molecule has 0 radical (unpaired) electrons. The van der Waals surface area contributed by atoms with Crippen molar-refractivity contribution in [1.29, 1.82) is 0 Å². The molecule has 14 heavy (non-hydrogen) atoms. The summed E-state index contributed by atoms with van der Waals surface area (Å²) in [5, 5.41) is 0.604. The Kier molecular flexibility index (Phi) is 2.74. The first-order chi connectivity index (χ1) is 6.77. The van der Waals surface area contributed by atoms with Crippen LogP contribution in [0.2, 0.25) is 5.02 Å². The van der Waals surface area contributed by atoms with E-state index in [0.29, 0.717) is 10.7 Å². The number of nitrogen functional groups attached to an aromatic ring is 1. The van der Waals surface area contributed by atoms with Crippen LogP contribution in [0.1, 0.15) is 0 Å². The molecule has 0 atom stereocenters. The molecule has 1 saturated heterocycles. The van der Waals surface area contributed by atoms with Gasteiger partial charge in [0.15, 0.2) is 0 Å². The van der Waals surface area contributed by atoms with Crippen molar-refractivity contribution in [3.8, 4) is 0 Å². The predicted octanol–water partition coefficient (Wildman–Crippen LogP) is 1.15. The van der Waals surface area contributed by atoms with Crippen LogP contribution in [0.25, 0.3) is 0 Å². The molecule has 2 heterocycles. The molecule has 0 amide bonds. The summed E-state index contributed by atoms with van der Waals surface area (Å²) in [5.41, 5.74) is 6.16. The molecule has 0 saturated carbocycles. The van der Waals surface area contributed by atoms with Crippen LogP contribution in [0.15, 0.2) is 12.3 Å². The van der Waals surface area contributed by atoms with Crippen molar-refractivity contribution in [3.63, 3.8) is 0 Å². The Morgan fingerprint density at radius 2 is 2.14 bits per heavy atom.